The zero-order chi connectivity index (χ0) is 13.0. The summed E-state index contributed by atoms with van der Waals surface area (Å²) >= 11 is 0. The normalized spacial score (nSPS) is 22.9. The maximum absolute atomic E-state index is 10.8. The molecule has 2 rings (SSSR count). The largest absolute Gasteiger partial charge is 0.487 e. The predicted molar refractivity (Wildman–Crippen MR) is 68.5 cm³/mol. The highest BCUT2D eigenvalue weighted by Crippen LogP contribution is 2.33. The van der Waals surface area contributed by atoms with E-state index < -0.39 is 4.92 Å². The Labute approximate surface area is 106 Å². The quantitative estimate of drug-likeness (QED) is 0.642. The summed E-state index contributed by atoms with van der Waals surface area (Å²) in [5, 5.41) is 10.8. The third-order valence-corrected chi connectivity index (χ3v) is 3.63. The van der Waals surface area contributed by atoms with E-state index in [1.807, 2.05) is 0 Å². The molecule has 5 heteroatoms. The molecule has 0 spiro atoms. The van der Waals surface area contributed by atoms with Crippen LogP contribution in [0.25, 0.3) is 0 Å². The average Bonchev–Trinajstić information content (AvgIpc) is 2.84. The molecular weight excluding hydrogens is 232 g/mol. The van der Waals surface area contributed by atoms with E-state index in [2.05, 4.69) is 0 Å². The minimum Gasteiger partial charge on any atom is -0.487 e. The molecule has 0 amide bonds. The second-order valence-corrected chi connectivity index (χ2v) is 4.72. The van der Waals surface area contributed by atoms with E-state index in [0.29, 0.717) is 30.7 Å². The monoisotopic (exact) mass is 250 g/mol. The smallest absolute Gasteiger partial charge is 0.310 e. The molecule has 0 radical (unpaired) electrons. The molecule has 1 aromatic carbocycles. The zero-order valence-corrected chi connectivity index (χ0v) is 10.2. The molecule has 1 aliphatic carbocycles. The topological polar surface area (TPSA) is 78.4 Å². The molecule has 18 heavy (non-hydrogen) atoms. The van der Waals surface area contributed by atoms with Gasteiger partial charge in [-0.3, -0.25) is 10.1 Å². The molecule has 0 heterocycles. The van der Waals surface area contributed by atoms with Gasteiger partial charge in [-0.15, -0.1) is 0 Å². The van der Waals surface area contributed by atoms with Crippen molar-refractivity contribution in [2.45, 2.75) is 19.3 Å². The molecule has 1 saturated carbocycles. The van der Waals surface area contributed by atoms with Crippen molar-refractivity contribution in [3.05, 3.63) is 34.4 Å². The van der Waals surface area contributed by atoms with Crippen molar-refractivity contribution in [3.63, 3.8) is 0 Å². The van der Waals surface area contributed by atoms with Gasteiger partial charge in [0.25, 0.3) is 0 Å². The minimum absolute atomic E-state index is 0.0276. The molecule has 0 bridgehead atoms. The summed E-state index contributed by atoms with van der Waals surface area (Å²) in [5.74, 6) is 1.27. The summed E-state index contributed by atoms with van der Waals surface area (Å²) in [6, 6.07) is 6.50. The number of benzene rings is 1. The summed E-state index contributed by atoms with van der Waals surface area (Å²) in [7, 11) is 0. The van der Waals surface area contributed by atoms with Crippen molar-refractivity contribution in [3.8, 4) is 5.75 Å². The van der Waals surface area contributed by atoms with E-state index in [1.165, 1.54) is 12.5 Å². The number of hydrogen-bond acceptors (Lipinski definition) is 4. The Morgan fingerprint density at radius 1 is 1.33 bits per heavy atom. The Morgan fingerprint density at radius 2 is 2.06 bits per heavy atom. The van der Waals surface area contributed by atoms with Crippen LogP contribution in [-0.4, -0.2) is 18.1 Å². The minimum atomic E-state index is -0.412. The fraction of sp³-hybridized carbons (Fsp3) is 0.538. The van der Waals surface area contributed by atoms with Gasteiger partial charge in [-0.05, 0) is 37.3 Å². The first-order chi connectivity index (χ1) is 8.72. The molecule has 5 nitrogen and oxygen atoms in total. The SMILES string of the molecule is NCC1CCCC1COc1ccccc1[N+](=O)[O-]. The molecule has 2 atom stereocenters. The Hall–Kier alpha value is -1.62. The van der Waals surface area contributed by atoms with Gasteiger partial charge < -0.3 is 10.5 Å². The van der Waals surface area contributed by atoms with Crippen LogP contribution in [0.15, 0.2) is 24.3 Å². The molecule has 0 aliphatic heterocycles. The van der Waals surface area contributed by atoms with Crippen LogP contribution < -0.4 is 10.5 Å². The Kier molecular flexibility index (Phi) is 4.15. The summed E-state index contributed by atoms with van der Waals surface area (Å²) in [5.41, 5.74) is 5.74. The van der Waals surface area contributed by atoms with Gasteiger partial charge in [0, 0.05) is 6.07 Å². The highest BCUT2D eigenvalue weighted by molar-refractivity contribution is 5.45. The van der Waals surface area contributed by atoms with Crippen molar-refractivity contribution in [1.82, 2.24) is 0 Å². The number of hydrogen-bond donors (Lipinski definition) is 1. The fourth-order valence-corrected chi connectivity index (χ4v) is 2.57. The van der Waals surface area contributed by atoms with Gasteiger partial charge in [0.2, 0.25) is 0 Å². The molecule has 1 aliphatic rings. The second-order valence-electron chi connectivity index (χ2n) is 4.72. The van der Waals surface area contributed by atoms with Gasteiger partial charge in [-0.2, -0.15) is 0 Å². The van der Waals surface area contributed by atoms with Gasteiger partial charge in [0.1, 0.15) is 0 Å². The van der Waals surface area contributed by atoms with E-state index in [0.717, 1.165) is 12.8 Å². The van der Waals surface area contributed by atoms with Crippen molar-refractivity contribution in [2.24, 2.45) is 17.6 Å². The van der Waals surface area contributed by atoms with Crippen LogP contribution in [0.5, 0.6) is 5.75 Å². The Balaban J connectivity index is 2.00. The van der Waals surface area contributed by atoms with Crippen LogP contribution in [0.3, 0.4) is 0 Å². The molecule has 98 valence electrons. The van der Waals surface area contributed by atoms with E-state index in [9.17, 15) is 10.1 Å². The van der Waals surface area contributed by atoms with E-state index in [1.54, 1.807) is 18.2 Å². The number of rotatable bonds is 5. The number of para-hydroxylation sites is 2. The highest BCUT2D eigenvalue weighted by atomic mass is 16.6. The van der Waals surface area contributed by atoms with Crippen LogP contribution in [0.1, 0.15) is 19.3 Å². The zero-order valence-electron chi connectivity index (χ0n) is 10.2. The number of nitro benzene ring substituents is 1. The summed E-state index contributed by atoms with van der Waals surface area (Å²) in [4.78, 5) is 10.4. The maximum atomic E-state index is 10.8. The average molecular weight is 250 g/mol. The third-order valence-electron chi connectivity index (χ3n) is 3.63. The molecule has 2 unspecified atom stereocenters. The maximum Gasteiger partial charge on any atom is 0.310 e. The fourth-order valence-electron chi connectivity index (χ4n) is 2.57. The van der Waals surface area contributed by atoms with Crippen LogP contribution in [-0.2, 0) is 0 Å². The second kappa shape index (κ2) is 5.82. The first-order valence-corrected chi connectivity index (χ1v) is 6.28. The van der Waals surface area contributed by atoms with Gasteiger partial charge in [-0.25, -0.2) is 0 Å². The van der Waals surface area contributed by atoms with Crippen LogP contribution in [0.4, 0.5) is 5.69 Å². The van der Waals surface area contributed by atoms with Gasteiger partial charge in [-0.1, -0.05) is 18.6 Å². The number of nitrogens with zero attached hydrogens (tertiary/aromatic N) is 1. The van der Waals surface area contributed by atoms with Gasteiger partial charge in [0.05, 0.1) is 11.5 Å². The number of nitrogens with two attached hydrogens (primary N) is 1. The molecule has 2 N–H and O–H groups in total. The Morgan fingerprint density at radius 3 is 2.78 bits per heavy atom. The standard InChI is InChI=1S/C13H18N2O3/c14-8-10-4-3-5-11(10)9-18-13-7-2-1-6-12(13)15(16)17/h1-2,6-7,10-11H,3-5,8-9,14H2. The summed E-state index contributed by atoms with van der Waals surface area (Å²) in [6.07, 6.45) is 3.41. The molecule has 0 aromatic heterocycles. The first-order valence-electron chi connectivity index (χ1n) is 6.28. The Bertz CT molecular complexity index is 422. The van der Waals surface area contributed by atoms with E-state index >= 15 is 0 Å². The van der Waals surface area contributed by atoms with Crippen molar-refractivity contribution >= 4 is 5.69 Å². The van der Waals surface area contributed by atoms with Crippen LogP contribution in [0, 0.1) is 22.0 Å². The molecule has 1 aromatic rings. The van der Waals surface area contributed by atoms with Crippen LogP contribution >= 0.6 is 0 Å². The van der Waals surface area contributed by atoms with Crippen molar-refractivity contribution in [1.29, 1.82) is 0 Å². The van der Waals surface area contributed by atoms with E-state index in [-0.39, 0.29) is 5.69 Å². The third kappa shape index (κ3) is 2.79. The van der Waals surface area contributed by atoms with Crippen LogP contribution in [0.2, 0.25) is 0 Å². The molecule has 1 fully saturated rings. The summed E-state index contributed by atoms with van der Waals surface area (Å²) < 4.78 is 5.62. The number of ether oxygens (including phenoxy) is 1. The molecule has 0 saturated heterocycles. The van der Waals surface area contributed by atoms with Gasteiger partial charge in [0.15, 0.2) is 5.75 Å². The van der Waals surface area contributed by atoms with Crippen molar-refractivity contribution in [2.75, 3.05) is 13.2 Å². The van der Waals surface area contributed by atoms with Gasteiger partial charge >= 0.3 is 5.69 Å². The van der Waals surface area contributed by atoms with Crippen molar-refractivity contribution < 1.29 is 9.66 Å². The predicted octanol–water partition coefficient (Wildman–Crippen LogP) is 2.35. The lowest BCUT2D eigenvalue weighted by molar-refractivity contribution is -0.385. The first kappa shape index (κ1) is 12.8. The lowest BCUT2D eigenvalue weighted by Crippen LogP contribution is -2.23. The number of nitro groups is 1. The summed E-state index contributed by atoms with van der Waals surface area (Å²) in [6.45, 7) is 1.19. The van der Waals surface area contributed by atoms with E-state index in [4.69, 9.17) is 10.5 Å². The lowest BCUT2D eigenvalue weighted by atomic mass is 9.97. The highest BCUT2D eigenvalue weighted by Gasteiger charge is 2.27. The lowest BCUT2D eigenvalue weighted by Gasteiger charge is -2.18. The molecular formula is C13H18N2O3.